The van der Waals surface area contributed by atoms with E-state index in [-0.39, 0.29) is 18.0 Å². The first-order valence-electron chi connectivity index (χ1n) is 9.90. The number of aryl methyl sites for hydroxylation is 2. The number of carbonyl (C=O) groups is 1. The summed E-state index contributed by atoms with van der Waals surface area (Å²) in [7, 11) is 0. The molecule has 7 nitrogen and oxygen atoms in total. The van der Waals surface area contributed by atoms with Crippen molar-refractivity contribution in [3.8, 4) is 5.69 Å². The quantitative estimate of drug-likeness (QED) is 0.539. The molecule has 2 aromatic carbocycles. The van der Waals surface area contributed by atoms with E-state index >= 15 is 0 Å². The molecule has 0 fully saturated rings. The number of nitrogens with one attached hydrogen (secondary N) is 1. The van der Waals surface area contributed by atoms with Crippen LogP contribution in [0, 0.1) is 6.92 Å². The van der Waals surface area contributed by atoms with Crippen molar-refractivity contribution in [1.82, 2.24) is 24.6 Å². The Morgan fingerprint density at radius 3 is 2.43 bits per heavy atom. The van der Waals surface area contributed by atoms with Crippen molar-refractivity contribution in [3.05, 3.63) is 88.1 Å². The molecule has 30 heavy (non-hydrogen) atoms. The minimum atomic E-state index is -0.291. The van der Waals surface area contributed by atoms with Gasteiger partial charge in [0, 0.05) is 12.7 Å². The van der Waals surface area contributed by atoms with E-state index in [1.54, 1.807) is 10.9 Å². The largest absolute Gasteiger partial charge is 0.350 e. The van der Waals surface area contributed by atoms with Crippen molar-refractivity contribution in [1.29, 1.82) is 0 Å². The van der Waals surface area contributed by atoms with Gasteiger partial charge < -0.3 is 5.32 Å². The fourth-order valence-electron chi connectivity index (χ4n) is 3.19. The highest BCUT2D eigenvalue weighted by molar-refractivity contribution is 5.77. The molecule has 0 aliphatic rings. The molecule has 0 aliphatic carbocycles. The molecule has 4 aromatic rings. The second kappa shape index (κ2) is 8.32. The number of fused-ring (bicyclic) bond motifs is 1. The summed E-state index contributed by atoms with van der Waals surface area (Å²) in [6.45, 7) is 4.43. The second-order valence-electron chi connectivity index (χ2n) is 7.27. The lowest BCUT2D eigenvalue weighted by Crippen LogP contribution is -2.32. The summed E-state index contributed by atoms with van der Waals surface area (Å²) >= 11 is 0. The van der Waals surface area contributed by atoms with Crippen LogP contribution in [0.4, 0.5) is 0 Å². The SMILES string of the molecule is CCc1ccc(CNC(=O)Cn2cnc3nn(-c4ccc(C)cc4)cc3c2=O)cc1. The van der Waals surface area contributed by atoms with Gasteiger partial charge in [-0.1, -0.05) is 48.9 Å². The molecular weight excluding hydrogens is 378 g/mol. The van der Waals surface area contributed by atoms with Crippen LogP contribution in [0.1, 0.15) is 23.6 Å². The number of carbonyl (C=O) groups excluding carboxylic acids is 1. The van der Waals surface area contributed by atoms with E-state index in [9.17, 15) is 9.59 Å². The van der Waals surface area contributed by atoms with Gasteiger partial charge in [-0.15, -0.1) is 5.10 Å². The minimum absolute atomic E-state index is 0.0927. The fourth-order valence-corrected chi connectivity index (χ4v) is 3.19. The van der Waals surface area contributed by atoms with Crippen LogP contribution in [0.5, 0.6) is 0 Å². The third-order valence-corrected chi connectivity index (χ3v) is 5.04. The maximum absolute atomic E-state index is 12.8. The van der Waals surface area contributed by atoms with Gasteiger partial charge in [0.15, 0.2) is 5.65 Å². The van der Waals surface area contributed by atoms with Gasteiger partial charge >= 0.3 is 0 Å². The Labute approximate surface area is 174 Å². The molecule has 0 saturated carbocycles. The van der Waals surface area contributed by atoms with Crippen LogP contribution in [0.15, 0.2) is 65.8 Å². The maximum Gasteiger partial charge on any atom is 0.264 e. The Kier molecular flexibility index (Phi) is 5.43. The number of hydrogen-bond acceptors (Lipinski definition) is 4. The third kappa shape index (κ3) is 4.15. The Morgan fingerprint density at radius 1 is 1.03 bits per heavy atom. The summed E-state index contributed by atoms with van der Waals surface area (Å²) in [5.74, 6) is -0.247. The van der Waals surface area contributed by atoms with Gasteiger partial charge in [-0.3, -0.25) is 14.2 Å². The van der Waals surface area contributed by atoms with Gasteiger partial charge in [0.2, 0.25) is 5.91 Å². The van der Waals surface area contributed by atoms with Gasteiger partial charge in [-0.05, 0) is 36.6 Å². The summed E-state index contributed by atoms with van der Waals surface area (Å²) in [6, 6.07) is 15.9. The lowest BCUT2D eigenvalue weighted by molar-refractivity contribution is -0.121. The minimum Gasteiger partial charge on any atom is -0.350 e. The molecule has 0 radical (unpaired) electrons. The van der Waals surface area contributed by atoms with Gasteiger partial charge in [0.05, 0.1) is 5.69 Å². The van der Waals surface area contributed by atoms with Crippen molar-refractivity contribution in [3.63, 3.8) is 0 Å². The molecule has 0 aliphatic heterocycles. The Bertz CT molecular complexity index is 1240. The summed E-state index contributed by atoms with van der Waals surface area (Å²) in [5, 5.41) is 7.60. The van der Waals surface area contributed by atoms with Gasteiger partial charge in [-0.2, -0.15) is 0 Å². The monoisotopic (exact) mass is 401 g/mol. The Morgan fingerprint density at radius 2 is 1.73 bits per heavy atom. The fraction of sp³-hybridized carbons (Fsp3) is 0.217. The number of nitrogens with zero attached hydrogens (tertiary/aromatic N) is 4. The summed E-state index contributed by atoms with van der Waals surface area (Å²) in [6.07, 6.45) is 4.00. The van der Waals surface area contributed by atoms with Crippen LogP contribution in [-0.4, -0.2) is 25.2 Å². The first kappa shape index (κ1) is 19.6. The average Bonchev–Trinajstić information content (AvgIpc) is 3.20. The van der Waals surface area contributed by atoms with Crippen molar-refractivity contribution in [2.75, 3.05) is 0 Å². The zero-order valence-corrected chi connectivity index (χ0v) is 17.0. The molecule has 152 valence electrons. The molecule has 2 heterocycles. The molecule has 0 saturated heterocycles. The zero-order chi connectivity index (χ0) is 21.1. The number of aromatic nitrogens is 4. The standard InChI is InChI=1S/C23H23N5O2/c1-3-17-6-8-18(9-7-17)12-24-21(29)14-27-15-25-22-20(23(27)30)13-28(26-22)19-10-4-16(2)5-11-19/h4-11,13,15H,3,12,14H2,1-2H3,(H,24,29). The highest BCUT2D eigenvalue weighted by Crippen LogP contribution is 2.12. The normalized spacial score (nSPS) is 11.0. The molecule has 0 bridgehead atoms. The third-order valence-electron chi connectivity index (χ3n) is 5.04. The molecular formula is C23H23N5O2. The van der Waals surface area contributed by atoms with E-state index in [0.29, 0.717) is 17.6 Å². The first-order chi connectivity index (χ1) is 14.5. The first-order valence-corrected chi connectivity index (χ1v) is 9.90. The summed E-state index contributed by atoms with van der Waals surface area (Å²) in [5.41, 5.74) is 4.32. The molecule has 0 unspecified atom stereocenters. The van der Waals surface area contributed by atoms with E-state index in [2.05, 4.69) is 34.5 Å². The molecule has 2 aromatic heterocycles. The van der Waals surface area contributed by atoms with Crippen LogP contribution < -0.4 is 10.9 Å². The Balaban J connectivity index is 1.48. The molecule has 0 atom stereocenters. The van der Waals surface area contributed by atoms with Crippen molar-refractivity contribution < 1.29 is 4.79 Å². The predicted molar refractivity (Wildman–Crippen MR) is 116 cm³/mol. The number of hydrogen-bond donors (Lipinski definition) is 1. The van der Waals surface area contributed by atoms with Gasteiger partial charge in [-0.25, -0.2) is 9.67 Å². The average molecular weight is 401 g/mol. The highest BCUT2D eigenvalue weighted by atomic mass is 16.2. The molecule has 4 rings (SSSR count). The van der Waals surface area contributed by atoms with Crippen molar-refractivity contribution in [2.24, 2.45) is 0 Å². The molecule has 0 spiro atoms. The van der Waals surface area contributed by atoms with Crippen LogP contribution in [0.3, 0.4) is 0 Å². The molecule has 1 N–H and O–H groups in total. The van der Waals surface area contributed by atoms with E-state index in [1.807, 2.05) is 43.3 Å². The van der Waals surface area contributed by atoms with Crippen LogP contribution in [0.2, 0.25) is 0 Å². The topological polar surface area (TPSA) is 81.8 Å². The predicted octanol–water partition coefficient (Wildman–Crippen LogP) is 2.77. The van der Waals surface area contributed by atoms with Crippen molar-refractivity contribution in [2.45, 2.75) is 33.4 Å². The molecule has 1 amide bonds. The van der Waals surface area contributed by atoms with Crippen LogP contribution in [-0.2, 0) is 24.3 Å². The summed E-state index contributed by atoms with van der Waals surface area (Å²) < 4.78 is 2.93. The smallest absolute Gasteiger partial charge is 0.264 e. The summed E-state index contributed by atoms with van der Waals surface area (Å²) in [4.78, 5) is 29.4. The maximum atomic E-state index is 12.8. The lowest BCUT2D eigenvalue weighted by Gasteiger charge is -2.07. The van der Waals surface area contributed by atoms with E-state index in [1.165, 1.54) is 16.5 Å². The van der Waals surface area contributed by atoms with E-state index in [4.69, 9.17) is 0 Å². The lowest BCUT2D eigenvalue weighted by atomic mass is 10.1. The highest BCUT2D eigenvalue weighted by Gasteiger charge is 2.12. The van der Waals surface area contributed by atoms with Gasteiger partial charge in [0.1, 0.15) is 18.3 Å². The second-order valence-corrected chi connectivity index (χ2v) is 7.27. The molecule has 7 heteroatoms. The van der Waals surface area contributed by atoms with Crippen LogP contribution in [0.25, 0.3) is 16.7 Å². The van der Waals surface area contributed by atoms with Crippen LogP contribution >= 0.6 is 0 Å². The number of amides is 1. The zero-order valence-electron chi connectivity index (χ0n) is 17.0. The Hall–Kier alpha value is -3.74. The van der Waals surface area contributed by atoms with E-state index in [0.717, 1.165) is 23.2 Å². The number of rotatable bonds is 6. The van der Waals surface area contributed by atoms with Gasteiger partial charge in [0.25, 0.3) is 5.56 Å². The van der Waals surface area contributed by atoms with E-state index < -0.39 is 0 Å². The number of benzene rings is 2. The van der Waals surface area contributed by atoms with Crippen molar-refractivity contribution >= 4 is 16.9 Å².